The van der Waals surface area contributed by atoms with Gasteiger partial charge in [-0.1, -0.05) is 30.3 Å². The van der Waals surface area contributed by atoms with Crippen LogP contribution in [-0.2, 0) is 5.75 Å². The Kier molecular flexibility index (Phi) is 3.74. The number of halogens is 1. The molecular formula is C12H10FNS2. The zero-order valence-corrected chi connectivity index (χ0v) is 10.1. The summed E-state index contributed by atoms with van der Waals surface area (Å²) in [6.45, 7) is 0. The van der Waals surface area contributed by atoms with Crippen LogP contribution in [0.4, 0.5) is 4.39 Å². The molecule has 0 fully saturated rings. The van der Waals surface area contributed by atoms with Gasteiger partial charge in [0.2, 0.25) is 0 Å². The van der Waals surface area contributed by atoms with Crippen molar-refractivity contribution in [2.24, 2.45) is 0 Å². The highest BCUT2D eigenvalue weighted by molar-refractivity contribution is 8.13. The Hall–Kier alpha value is -1.13. The van der Waals surface area contributed by atoms with Crippen molar-refractivity contribution in [1.82, 2.24) is 0 Å². The van der Waals surface area contributed by atoms with Crippen LogP contribution in [0.3, 0.4) is 0 Å². The lowest BCUT2D eigenvalue weighted by atomic mass is 10.2. The predicted octanol–water partition coefficient (Wildman–Crippen LogP) is 4.15. The van der Waals surface area contributed by atoms with E-state index in [2.05, 4.69) is 0 Å². The van der Waals surface area contributed by atoms with Gasteiger partial charge in [-0.15, -0.1) is 23.1 Å². The van der Waals surface area contributed by atoms with Crippen LogP contribution in [0.2, 0.25) is 0 Å². The van der Waals surface area contributed by atoms with Gasteiger partial charge in [-0.25, -0.2) is 0 Å². The summed E-state index contributed by atoms with van der Waals surface area (Å²) in [7, 11) is 0. The molecule has 0 aliphatic heterocycles. The molecule has 1 N–H and O–H groups in total. The maximum Gasteiger partial charge on any atom is 0.177 e. The molecule has 0 aliphatic carbocycles. The number of nitrogens with one attached hydrogen (secondary N) is 1. The van der Waals surface area contributed by atoms with Crippen LogP contribution in [0, 0.1) is 10.5 Å². The summed E-state index contributed by atoms with van der Waals surface area (Å²) in [5, 5.41) is 7.99. The Bertz CT molecular complexity index is 479. The van der Waals surface area contributed by atoms with Gasteiger partial charge in [0.1, 0.15) is 5.04 Å². The van der Waals surface area contributed by atoms with Gasteiger partial charge in [0, 0.05) is 5.75 Å². The lowest BCUT2D eigenvalue weighted by Gasteiger charge is -2.01. The fourth-order valence-corrected chi connectivity index (χ4v) is 2.83. The van der Waals surface area contributed by atoms with Crippen molar-refractivity contribution >= 4 is 28.1 Å². The van der Waals surface area contributed by atoms with E-state index >= 15 is 0 Å². The van der Waals surface area contributed by atoms with E-state index in [0.717, 1.165) is 17.1 Å². The molecule has 0 amide bonds. The first-order valence-corrected chi connectivity index (χ1v) is 6.57. The standard InChI is InChI=1S/C12H10FNS2/c13-11-7-6-10(16-11)12(14)15-8-9-4-2-1-3-5-9/h1-7,14H,8H2. The van der Waals surface area contributed by atoms with Crippen LogP contribution in [0.15, 0.2) is 42.5 Å². The highest BCUT2D eigenvalue weighted by Gasteiger charge is 2.06. The fraction of sp³-hybridized carbons (Fsp3) is 0.0833. The molecule has 1 aromatic heterocycles. The molecule has 2 rings (SSSR count). The molecule has 1 nitrogen and oxygen atoms in total. The van der Waals surface area contributed by atoms with Crippen LogP contribution < -0.4 is 0 Å². The van der Waals surface area contributed by atoms with Gasteiger partial charge < -0.3 is 0 Å². The molecule has 0 saturated carbocycles. The highest BCUT2D eigenvalue weighted by Crippen LogP contribution is 2.22. The largest absolute Gasteiger partial charge is 0.293 e. The van der Waals surface area contributed by atoms with Crippen molar-refractivity contribution in [3.05, 3.63) is 58.0 Å². The van der Waals surface area contributed by atoms with Crippen molar-refractivity contribution in [3.8, 4) is 0 Å². The third kappa shape index (κ3) is 2.93. The number of hydrogen-bond acceptors (Lipinski definition) is 3. The molecule has 1 aromatic carbocycles. The van der Waals surface area contributed by atoms with Gasteiger partial charge in [-0.05, 0) is 17.7 Å². The molecule has 1 heterocycles. The summed E-state index contributed by atoms with van der Waals surface area (Å²) in [5.41, 5.74) is 1.18. The highest BCUT2D eigenvalue weighted by atomic mass is 32.2. The summed E-state index contributed by atoms with van der Waals surface area (Å²) in [4.78, 5) is 0.693. The molecule has 0 aliphatic rings. The van der Waals surface area contributed by atoms with Gasteiger partial charge in [0.15, 0.2) is 5.13 Å². The number of rotatable bonds is 3. The fourth-order valence-electron chi connectivity index (χ4n) is 1.24. The number of hydrogen-bond donors (Lipinski definition) is 1. The van der Waals surface area contributed by atoms with E-state index in [1.54, 1.807) is 6.07 Å². The first kappa shape index (κ1) is 11.4. The summed E-state index contributed by atoms with van der Waals surface area (Å²) in [6, 6.07) is 13.0. The Morgan fingerprint density at radius 1 is 1.19 bits per heavy atom. The van der Waals surface area contributed by atoms with Crippen LogP contribution in [0.5, 0.6) is 0 Å². The van der Waals surface area contributed by atoms with E-state index in [1.165, 1.54) is 23.4 Å². The van der Waals surface area contributed by atoms with E-state index in [-0.39, 0.29) is 5.13 Å². The Morgan fingerprint density at radius 2 is 1.94 bits per heavy atom. The molecule has 4 heteroatoms. The number of thioether (sulfide) groups is 1. The topological polar surface area (TPSA) is 23.9 Å². The van der Waals surface area contributed by atoms with E-state index < -0.39 is 0 Å². The molecule has 0 saturated heterocycles. The van der Waals surface area contributed by atoms with Crippen LogP contribution in [0.1, 0.15) is 10.4 Å². The van der Waals surface area contributed by atoms with Crippen LogP contribution in [0.25, 0.3) is 0 Å². The molecule has 0 spiro atoms. The number of benzene rings is 1. The second-order valence-corrected chi connectivity index (χ2v) is 5.23. The van der Waals surface area contributed by atoms with Gasteiger partial charge in [0.25, 0.3) is 0 Å². The lowest BCUT2D eigenvalue weighted by Crippen LogP contribution is -1.90. The summed E-state index contributed by atoms with van der Waals surface area (Å²) >= 11 is 2.44. The predicted molar refractivity (Wildman–Crippen MR) is 68.8 cm³/mol. The molecule has 2 aromatic rings. The first-order chi connectivity index (χ1) is 7.75. The van der Waals surface area contributed by atoms with Crippen molar-refractivity contribution in [1.29, 1.82) is 5.41 Å². The van der Waals surface area contributed by atoms with E-state index in [0.29, 0.717) is 9.92 Å². The second-order valence-electron chi connectivity index (χ2n) is 3.21. The third-order valence-electron chi connectivity index (χ3n) is 2.02. The van der Waals surface area contributed by atoms with E-state index in [4.69, 9.17) is 5.41 Å². The molecule has 82 valence electrons. The third-order valence-corrected chi connectivity index (χ3v) is 4.03. The van der Waals surface area contributed by atoms with Crippen molar-refractivity contribution in [2.75, 3.05) is 0 Å². The maximum atomic E-state index is 12.8. The molecule has 0 atom stereocenters. The van der Waals surface area contributed by atoms with Gasteiger partial charge in [-0.2, -0.15) is 4.39 Å². The Labute approximate surface area is 102 Å². The molecule has 0 radical (unpaired) electrons. The monoisotopic (exact) mass is 251 g/mol. The van der Waals surface area contributed by atoms with Gasteiger partial charge in [0.05, 0.1) is 4.88 Å². The minimum atomic E-state index is -0.236. The van der Waals surface area contributed by atoms with Crippen molar-refractivity contribution in [2.45, 2.75) is 5.75 Å². The molecule has 0 unspecified atom stereocenters. The maximum absolute atomic E-state index is 12.8. The summed E-state index contributed by atoms with van der Waals surface area (Å²) < 4.78 is 12.8. The van der Waals surface area contributed by atoms with Crippen molar-refractivity contribution < 1.29 is 4.39 Å². The normalized spacial score (nSPS) is 10.3. The Balaban J connectivity index is 1.94. The SMILES string of the molecule is N=C(SCc1ccccc1)c1ccc(F)s1. The summed E-state index contributed by atoms with van der Waals surface area (Å²) in [5.74, 6) is 0.749. The zero-order chi connectivity index (χ0) is 11.4. The van der Waals surface area contributed by atoms with Crippen molar-refractivity contribution in [3.63, 3.8) is 0 Å². The van der Waals surface area contributed by atoms with E-state index in [1.807, 2.05) is 30.3 Å². The quantitative estimate of drug-likeness (QED) is 0.643. The minimum Gasteiger partial charge on any atom is -0.293 e. The molecule has 0 bridgehead atoms. The zero-order valence-electron chi connectivity index (χ0n) is 8.44. The second kappa shape index (κ2) is 5.27. The molecule has 16 heavy (non-hydrogen) atoms. The van der Waals surface area contributed by atoms with Gasteiger partial charge in [-0.3, -0.25) is 5.41 Å². The Morgan fingerprint density at radius 3 is 2.56 bits per heavy atom. The number of thiophene rings is 1. The average molecular weight is 251 g/mol. The minimum absolute atomic E-state index is 0.236. The van der Waals surface area contributed by atoms with Crippen LogP contribution >= 0.6 is 23.1 Å². The lowest BCUT2D eigenvalue weighted by molar-refractivity contribution is 0.657. The van der Waals surface area contributed by atoms with E-state index in [9.17, 15) is 4.39 Å². The molecular weight excluding hydrogens is 241 g/mol. The smallest absolute Gasteiger partial charge is 0.177 e. The van der Waals surface area contributed by atoms with Gasteiger partial charge >= 0.3 is 0 Å². The first-order valence-electron chi connectivity index (χ1n) is 4.76. The average Bonchev–Trinajstić information content (AvgIpc) is 2.74. The summed E-state index contributed by atoms with van der Waals surface area (Å²) in [6.07, 6.45) is 0. The van der Waals surface area contributed by atoms with Crippen LogP contribution in [-0.4, -0.2) is 5.04 Å².